The third-order valence-electron chi connectivity index (χ3n) is 3.28. The van der Waals surface area contributed by atoms with Crippen LogP contribution in [0, 0.1) is 13.8 Å². The Kier molecular flexibility index (Phi) is 4.53. The lowest BCUT2D eigenvalue weighted by Crippen LogP contribution is -2.07. The lowest BCUT2D eigenvalue weighted by molar-refractivity contribution is 0.416. The summed E-state index contributed by atoms with van der Waals surface area (Å²) in [4.78, 5) is 8.73. The molecule has 0 bridgehead atoms. The number of nitrogens with one attached hydrogen (secondary N) is 1. The average molecular weight is 307 g/mol. The molecular weight excluding hydrogens is 288 g/mol. The molecule has 0 saturated carbocycles. The average Bonchev–Trinajstić information content (AvgIpc) is 2.47. The molecule has 1 heterocycles. The quantitative estimate of drug-likeness (QED) is 0.902. The Balaban J connectivity index is 2.47. The molecular formula is C15H19ClN4O. The second kappa shape index (κ2) is 6.18. The van der Waals surface area contributed by atoms with Crippen LogP contribution in [-0.2, 0) is 6.42 Å². The zero-order valence-corrected chi connectivity index (χ0v) is 13.4. The van der Waals surface area contributed by atoms with Gasteiger partial charge in [-0.25, -0.2) is 9.97 Å². The summed E-state index contributed by atoms with van der Waals surface area (Å²) in [5.41, 5.74) is 8.49. The monoisotopic (exact) mass is 306 g/mol. The standard InChI is InChI=1S/C15H19ClN4O/c1-5-13-19-14(17)9(3)15(20-13)18-11-6-8(2)10(16)7-12(11)21-4/h6-7H,5H2,1-4H3,(H3,17,18,19,20). The number of methoxy groups -OCH3 is 1. The summed E-state index contributed by atoms with van der Waals surface area (Å²) in [5, 5.41) is 3.92. The van der Waals surface area contributed by atoms with Gasteiger partial charge in [0.05, 0.1) is 12.8 Å². The first kappa shape index (κ1) is 15.4. The van der Waals surface area contributed by atoms with Crippen molar-refractivity contribution in [1.29, 1.82) is 0 Å². The SMILES string of the molecule is CCc1nc(N)c(C)c(Nc2cc(C)c(Cl)cc2OC)n1. The number of benzene rings is 1. The van der Waals surface area contributed by atoms with E-state index >= 15 is 0 Å². The summed E-state index contributed by atoms with van der Waals surface area (Å²) >= 11 is 6.12. The number of ether oxygens (including phenoxy) is 1. The minimum atomic E-state index is 0.481. The van der Waals surface area contributed by atoms with E-state index in [1.165, 1.54) is 0 Å². The van der Waals surface area contributed by atoms with Gasteiger partial charge in [0.2, 0.25) is 0 Å². The molecule has 0 fully saturated rings. The molecule has 0 unspecified atom stereocenters. The second-order valence-corrected chi connectivity index (χ2v) is 5.19. The van der Waals surface area contributed by atoms with E-state index in [1.807, 2.05) is 26.8 Å². The van der Waals surface area contributed by atoms with Crippen molar-refractivity contribution in [3.8, 4) is 5.75 Å². The van der Waals surface area contributed by atoms with Crippen molar-refractivity contribution in [2.75, 3.05) is 18.2 Å². The fourth-order valence-corrected chi connectivity index (χ4v) is 2.07. The van der Waals surface area contributed by atoms with Crippen LogP contribution >= 0.6 is 11.6 Å². The van der Waals surface area contributed by atoms with Crippen LogP contribution < -0.4 is 15.8 Å². The van der Waals surface area contributed by atoms with E-state index in [0.717, 1.165) is 23.2 Å². The molecule has 1 aromatic carbocycles. The zero-order valence-electron chi connectivity index (χ0n) is 12.6. The first-order chi connectivity index (χ1) is 9.96. The van der Waals surface area contributed by atoms with Gasteiger partial charge in [-0.1, -0.05) is 18.5 Å². The van der Waals surface area contributed by atoms with Crippen molar-refractivity contribution in [2.45, 2.75) is 27.2 Å². The van der Waals surface area contributed by atoms with Crippen LogP contribution in [0.25, 0.3) is 0 Å². The first-order valence-electron chi connectivity index (χ1n) is 6.70. The molecule has 0 atom stereocenters. The summed E-state index contributed by atoms with van der Waals surface area (Å²) in [5.74, 6) is 2.51. The van der Waals surface area contributed by atoms with E-state index in [0.29, 0.717) is 28.2 Å². The zero-order chi connectivity index (χ0) is 15.6. The fraction of sp³-hybridized carbons (Fsp3) is 0.333. The van der Waals surface area contributed by atoms with Gasteiger partial charge < -0.3 is 15.8 Å². The van der Waals surface area contributed by atoms with E-state index in [-0.39, 0.29) is 0 Å². The Bertz CT molecular complexity index is 673. The van der Waals surface area contributed by atoms with Crippen LogP contribution in [0.1, 0.15) is 23.9 Å². The van der Waals surface area contributed by atoms with Gasteiger partial charge in [0.1, 0.15) is 23.2 Å². The number of aromatic nitrogens is 2. The predicted octanol–water partition coefficient (Wildman–Crippen LogP) is 3.64. The van der Waals surface area contributed by atoms with Gasteiger partial charge in [-0.05, 0) is 25.5 Å². The topological polar surface area (TPSA) is 73.1 Å². The number of nitrogen functional groups attached to an aromatic ring is 1. The number of nitrogens with two attached hydrogens (primary N) is 1. The van der Waals surface area contributed by atoms with E-state index < -0.39 is 0 Å². The number of hydrogen-bond donors (Lipinski definition) is 2. The Labute approximate surface area is 129 Å². The van der Waals surface area contributed by atoms with Crippen LogP contribution in [0.15, 0.2) is 12.1 Å². The number of hydrogen-bond acceptors (Lipinski definition) is 5. The first-order valence-corrected chi connectivity index (χ1v) is 7.08. The Morgan fingerprint density at radius 3 is 2.62 bits per heavy atom. The van der Waals surface area contributed by atoms with E-state index in [4.69, 9.17) is 22.1 Å². The van der Waals surface area contributed by atoms with Gasteiger partial charge in [-0.15, -0.1) is 0 Å². The van der Waals surface area contributed by atoms with Crippen LogP contribution in [0.3, 0.4) is 0 Å². The fourth-order valence-electron chi connectivity index (χ4n) is 1.92. The molecule has 3 N–H and O–H groups in total. The van der Waals surface area contributed by atoms with Gasteiger partial charge in [-0.2, -0.15) is 0 Å². The summed E-state index contributed by atoms with van der Waals surface area (Å²) in [6.45, 7) is 5.80. The molecule has 6 heteroatoms. The third-order valence-corrected chi connectivity index (χ3v) is 3.69. The molecule has 0 aliphatic carbocycles. The lowest BCUT2D eigenvalue weighted by atomic mass is 10.2. The molecule has 0 radical (unpaired) electrons. The molecule has 0 amide bonds. The predicted molar refractivity (Wildman–Crippen MR) is 86.6 cm³/mol. The van der Waals surface area contributed by atoms with E-state index in [1.54, 1.807) is 13.2 Å². The largest absolute Gasteiger partial charge is 0.495 e. The third kappa shape index (κ3) is 3.19. The molecule has 112 valence electrons. The van der Waals surface area contributed by atoms with Gasteiger partial charge in [0.25, 0.3) is 0 Å². The maximum Gasteiger partial charge on any atom is 0.143 e. The minimum Gasteiger partial charge on any atom is -0.495 e. The lowest BCUT2D eigenvalue weighted by Gasteiger charge is -2.15. The van der Waals surface area contributed by atoms with Crippen LogP contribution in [0.4, 0.5) is 17.3 Å². The Morgan fingerprint density at radius 1 is 1.29 bits per heavy atom. The summed E-state index contributed by atoms with van der Waals surface area (Å²) in [6, 6.07) is 3.70. The molecule has 2 rings (SSSR count). The van der Waals surface area contributed by atoms with Crippen molar-refractivity contribution >= 4 is 28.9 Å². The summed E-state index contributed by atoms with van der Waals surface area (Å²) in [7, 11) is 1.60. The molecule has 0 aliphatic rings. The maximum atomic E-state index is 6.12. The van der Waals surface area contributed by atoms with Crippen molar-refractivity contribution in [3.63, 3.8) is 0 Å². The maximum absolute atomic E-state index is 6.12. The molecule has 2 aromatic rings. The molecule has 1 aromatic heterocycles. The number of nitrogens with zero attached hydrogens (tertiary/aromatic N) is 2. The highest BCUT2D eigenvalue weighted by Gasteiger charge is 2.12. The number of aryl methyl sites for hydroxylation is 2. The highest BCUT2D eigenvalue weighted by molar-refractivity contribution is 6.31. The van der Waals surface area contributed by atoms with Gasteiger partial charge in [0.15, 0.2) is 0 Å². The smallest absolute Gasteiger partial charge is 0.143 e. The number of halogens is 1. The summed E-state index contributed by atoms with van der Waals surface area (Å²) < 4.78 is 5.36. The van der Waals surface area contributed by atoms with Crippen LogP contribution in [0.2, 0.25) is 5.02 Å². The van der Waals surface area contributed by atoms with Gasteiger partial charge in [-0.3, -0.25) is 0 Å². The Morgan fingerprint density at radius 2 is 2.00 bits per heavy atom. The Hall–Kier alpha value is -2.01. The van der Waals surface area contributed by atoms with Crippen molar-refractivity contribution < 1.29 is 4.74 Å². The van der Waals surface area contributed by atoms with E-state index in [2.05, 4.69) is 15.3 Å². The van der Waals surface area contributed by atoms with Crippen LogP contribution in [0.5, 0.6) is 5.75 Å². The van der Waals surface area contributed by atoms with Crippen molar-refractivity contribution in [1.82, 2.24) is 9.97 Å². The van der Waals surface area contributed by atoms with Crippen molar-refractivity contribution in [3.05, 3.63) is 34.1 Å². The number of rotatable bonds is 4. The molecule has 0 saturated heterocycles. The van der Waals surface area contributed by atoms with Crippen LogP contribution in [-0.4, -0.2) is 17.1 Å². The van der Waals surface area contributed by atoms with Gasteiger partial charge >= 0.3 is 0 Å². The van der Waals surface area contributed by atoms with Gasteiger partial charge in [0, 0.05) is 23.1 Å². The number of anilines is 3. The molecule has 0 aliphatic heterocycles. The van der Waals surface area contributed by atoms with Crippen molar-refractivity contribution in [2.24, 2.45) is 0 Å². The highest BCUT2D eigenvalue weighted by Crippen LogP contribution is 2.33. The normalized spacial score (nSPS) is 10.5. The molecule has 5 nitrogen and oxygen atoms in total. The molecule has 21 heavy (non-hydrogen) atoms. The highest BCUT2D eigenvalue weighted by atomic mass is 35.5. The molecule has 0 spiro atoms. The minimum absolute atomic E-state index is 0.481. The van der Waals surface area contributed by atoms with E-state index in [9.17, 15) is 0 Å². The second-order valence-electron chi connectivity index (χ2n) is 4.78. The summed E-state index contributed by atoms with van der Waals surface area (Å²) in [6.07, 6.45) is 0.718.